The van der Waals surface area contributed by atoms with E-state index in [1.165, 1.54) is 0 Å². The molecule has 0 saturated heterocycles. The largest absolute Gasteiger partial charge is 0.449 e. The van der Waals surface area contributed by atoms with E-state index in [0.717, 1.165) is 5.56 Å². The standard InChI is InChI=1S/C19H21ClN4O2/c1-19(2,3)13-26-18(25)23-9-10-24-16(21-22-17(24)12-23)8-7-14-5-4-6-15(20)11-14/h4-6,11H,9-10,12-13H2,1-3H3. The Morgan fingerprint density at radius 2 is 2.08 bits per heavy atom. The van der Waals surface area contributed by atoms with Crippen LogP contribution in [0.3, 0.4) is 0 Å². The molecule has 0 fully saturated rings. The number of rotatable bonds is 1. The van der Waals surface area contributed by atoms with Crippen molar-refractivity contribution in [3.63, 3.8) is 0 Å². The second-order valence-electron chi connectivity index (χ2n) is 7.39. The Morgan fingerprint density at radius 1 is 1.27 bits per heavy atom. The van der Waals surface area contributed by atoms with E-state index in [2.05, 4.69) is 22.0 Å². The molecule has 0 spiro atoms. The smallest absolute Gasteiger partial charge is 0.410 e. The number of carbonyl (C=O) groups is 1. The van der Waals surface area contributed by atoms with Crippen molar-refractivity contribution in [2.45, 2.75) is 33.9 Å². The Hall–Kier alpha value is -2.52. The lowest BCUT2D eigenvalue weighted by Gasteiger charge is -2.28. The SMILES string of the molecule is CC(C)(C)COC(=O)N1CCn2c(C#Cc3cccc(Cl)c3)nnc2C1. The third-order valence-corrected chi connectivity index (χ3v) is 4.02. The summed E-state index contributed by atoms with van der Waals surface area (Å²) in [5, 5.41) is 8.95. The van der Waals surface area contributed by atoms with Crippen molar-refractivity contribution in [1.29, 1.82) is 0 Å². The summed E-state index contributed by atoms with van der Waals surface area (Å²) in [7, 11) is 0. The highest BCUT2D eigenvalue weighted by molar-refractivity contribution is 6.30. The zero-order chi connectivity index (χ0) is 18.7. The Balaban J connectivity index is 1.68. The Labute approximate surface area is 158 Å². The molecular weight excluding hydrogens is 352 g/mol. The van der Waals surface area contributed by atoms with Gasteiger partial charge in [-0.25, -0.2) is 4.79 Å². The quantitative estimate of drug-likeness (QED) is 0.720. The average Bonchev–Trinajstić information content (AvgIpc) is 2.99. The fourth-order valence-electron chi connectivity index (χ4n) is 2.47. The van der Waals surface area contributed by atoms with Crippen LogP contribution < -0.4 is 0 Å². The molecule has 26 heavy (non-hydrogen) atoms. The maximum Gasteiger partial charge on any atom is 0.410 e. The highest BCUT2D eigenvalue weighted by Gasteiger charge is 2.26. The summed E-state index contributed by atoms with van der Waals surface area (Å²) in [6.45, 7) is 7.96. The summed E-state index contributed by atoms with van der Waals surface area (Å²) in [6, 6.07) is 7.35. The number of benzene rings is 1. The highest BCUT2D eigenvalue weighted by atomic mass is 35.5. The molecule has 1 amide bonds. The van der Waals surface area contributed by atoms with Gasteiger partial charge in [-0.2, -0.15) is 0 Å². The minimum absolute atomic E-state index is 0.0609. The molecular formula is C19H21ClN4O2. The van der Waals surface area contributed by atoms with Gasteiger partial charge in [0.05, 0.1) is 13.2 Å². The number of aromatic nitrogens is 3. The molecule has 2 aromatic rings. The third-order valence-electron chi connectivity index (χ3n) is 3.78. The molecule has 0 bridgehead atoms. The van der Waals surface area contributed by atoms with E-state index >= 15 is 0 Å². The average molecular weight is 373 g/mol. The topological polar surface area (TPSA) is 60.2 Å². The van der Waals surface area contributed by atoms with Crippen LogP contribution in [-0.4, -0.2) is 38.9 Å². The third kappa shape index (κ3) is 4.55. The first kappa shape index (κ1) is 18.3. The van der Waals surface area contributed by atoms with Gasteiger partial charge in [-0.15, -0.1) is 10.2 Å². The molecule has 0 aliphatic carbocycles. The van der Waals surface area contributed by atoms with Crippen LogP contribution in [0, 0.1) is 17.3 Å². The molecule has 0 unspecified atom stereocenters. The van der Waals surface area contributed by atoms with Crippen molar-refractivity contribution in [2.75, 3.05) is 13.2 Å². The zero-order valence-corrected chi connectivity index (χ0v) is 15.9. The first-order chi connectivity index (χ1) is 12.3. The predicted molar refractivity (Wildman–Crippen MR) is 98.7 cm³/mol. The predicted octanol–water partition coefficient (Wildman–Crippen LogP) is 3.33. The number of ether oxygens (including phenoxy) is 1. The van der Waals surface area contributed by atoms with Gasteiger partial charge in [0.25, 0.3) is 0 Å². The molecule has 0 saturated carbocycles. The van der Waals surface area contributed by atoms with Crippen molar-refractivity contribution in [3.05, 3.63) is 46.5 Å². The molecule has 6 nitrogen and oxygen atoms in total. The van der Waals surface area contributed by atoms with E-state index in [4.69, 9.17) is 16.3 Å². The monoisotopic (exact) mass is 372 g/mol. The van der Waals surface area contributed by atoms with Gasteiger partial charge in [0, 0.05) is 23.7 Å². The van der Waals surface area contributed by atoms with Gasteiger partial charge in [-0.1, -0.05) is 44.4 Å². The van der Waals surface area contributed by atoms with Gasteiger partial charge in [0.15, 0.2) is 5.82 Å². The van der Waals surface area contributed by atoms with Gasteiger partial charge in [-0.05, 0) is 29.5 Å². The van der Waals surface area contributed by atoms with Crippen LogP contribution in [0.15, 0.2) is 24.3 Å². The first-order valence-corrected chi connectivity index (χ1v) is 8.81. The number of carbonyl (C=O) groups excluding carboxylic acids is 1. The van der Waals surface area contributed by atoms with E-state index in [9.17, 15) is 4.79 Å². The lowest BCUT2D eigenvalue weighted by atomic mass is 9.99. The van der Waals surface area contributed by atoms with Crippen LogP contribution in [-0.2, 0) is 17.8 Å². The van der Waals surface area contributed by atoms with Crippen molar-refractivity contribution < 1.29 is 9.53 Å². The number of hydrogen-bond acceptors (Lipinski definition) is 4. The Bertz CT molecular complexity index is 874. The van der Waals surface area contributed by atoms with Crippen molar-refractivity contribution >= 4 is 17.7 Å². The molecule has 2 heterocycles. The van der Waals surface area contributed by atoms with E-state index in [-0.39, 0.29) is 11.5 Å². The zero-order valence-electron chi connectivity index (χ0n) is 15.1. The van der Waals surface area contributed by atoms with E-state index < -0.39 is 0 Å². The molecule has 136 valence electrons. The minimum atomic E-state index is -0.319. The minimum Gasteiger partial charge on any atom is -0.449 e. The summed E-state index contributed by atoms with van der Waals surface area (Å²) < 4.78 is 7.31. The summed E-state index contributed by atoms with van der Waals surface area (Å²) >= 11 is 5.97. The van der Waals surface area contributed by atoms with Gasteiger partial charge >= 0.3 is 6.09 Å². The van der Waals surface area contributed by atoms with Crippen LogP contribution in [0.1, 0.15) is 38.0 Å². The molecule has 3 rings (SSSR count). The van der Waals surface area contributed by atoms with Crippen LogP contribution in [0.5, 0.6) is 0 Å². The Kier molecular flexibility index (Phi) is 5.19. The number of halogens is 1. The van der Waals surface area contributed by atoms with Gasteiger partial charge in [0.1, 0.15) is 0 Å². The van der Waals surface area contributed by atoms with Crippen LogP contribution in [0.2, 0.25) is 5.02 Å². The normalized spacial score (nSPS) is 13.6. The summed E-state index contributed by atoms with van der Waals surface area (Å²) in [4.78, 5) is 13.9. The molecule has 7 heteroatoms. The summed E-state index contributed by atoms with van der Waals surface area (Å²) in [6.07, 6.45) is -0.319. The summed E-state index contributed by atoms with van der Waals surface area (Å²) in [5.41, 5.74) is 0.757. The van der Waals surface area contributed by atoms with Crippen molar-refractivity contribution in [2.24, 2.45) is 5.41 Å². The van der Waals surface area contributed by atoms with Crippen LogP contribution in [0.4, 0.5) is 4.79 Å². The van der Waals surface area contributed by atoms with E-state index in [1.54, 1.807) is 17.0 Å². The Morgan fingerprint density at radius 3 is 2.81 bits per heavy atom. The maximum atomic E-state index is 12.2. The number of amides is 1. The highest BCUT2D eigenvalue weighted by Crippen LogP contribution is 2.17. The number of fused-ring (bicyclic) bond motifs is 1. The fraction of sp³-hybridized carbons (Fsp3) is 0.421. The molecule has 1 aromatic carbocycles. The van der Waals surface area contributed by atoms with Crippen molar-refractivity contribution in [3.8, 4) is 11.8 Å². The summed E-state index contributed by atoms with van der Waals surface area (Å²) in [5.74, 6) is 7.37. The molecule has 0 N–H and O–H groups in total. The maximum absolute atomic E-state index is 12.2. The molecule has 1 aliphatic rings. The number of hydrogen-bond donors (Lipinski definition) is 0. The van der Waals surface area contributed by atoms with Gasteiger partial charge in [0.2, 0.25) is 5.82 Å². The van der Waals surface area contributed by atoms with E-state index in [0.29, 0.717) is 42.9 Å². The van der Waals surface area contributed by atoms with Gasteiger partial charge < -0.3 is 9.30 Å². The van der Waals surface area contributed by atoms with Crippen molar-refractivity contribution in [1.82, 2.24) is 19.7 Å². The number of nitrogens with zero attached hydrogens (tertiary/aromatic N) is 4. The fourth-order valence-corrected chi connectivity index (χ4v) is 2.66. The molecule has 1 aromatic heterocycles. The van der Waals surface area contributed by atoms with Crippen LogP contribution in [0.25, 0.3) is 0 Å². The molecule has 1 aliphatic heterocycles. The van der Waals surface area contributed by atoms with Crippen LogP contribution >= 0.6 is 11.6 Å². The molecule has 0 radical (unpaired) electrons. The van der Waals surface area contributed by atoms with Gasteiger partial charge in [-0.3, -0.25) is 4.90 Å². The second-order valence-corrected chi connectivity index (χ2v) is 7.83. The molecule has 0 atom stereocenters. The lowest BCUT2D eigenvalue weighted by Crippen LogP contribution is -2.39. The van der Waals surface area contributed by atoms with E-state index in [1.807, 2.05) is 37.5 Å². The second kappa shape index (κ2) is 7.38. The first-order valence-electron chi connectivity index (χ1n) is 8.43. The lowest BCUT2D eigenvalue weighted by molar-refractivity contribution is 0.0645.